The van der Waals surface area contributed by atoms with Gasteiger partial charge < -0.3 is 25.6 Å². The van der Waals surface area contributed by atoms with Gasteiger partial charge in [-0.2, -0.15) is 0 Å². The molecule has 0 aromatic heterocycles. The van der Waals surface area contributed by atoms with E-state index < -0.39 is 42.5 Å². The Balaban J connectivity index is 2.36. The van der Waals surface area contributed by atoms with Gasteiger partial charge in [0.25, 0.3) is 0 Å². The van der Waals surface area contributed by atoms with Crippen LogP contribution in [0.5, 0.6) is 5.75 Å². The zero-order chi connectivity index (χ0) is 18.8. The molecule has 1 amide bonds. The van der Waals surface area contributed by atoms with Crippen molar-refractivity contribution in [2.45, 2.75) is 31.8 Å². The number of hydrogen-bond acceptors (Lipinski definition) is 7. The van der Waals surface area contributed by atoms with Crippen LogP contribution in [0.3, 0.4) is 0 Å². The molecular weight excluding hydrogens is 332 g/mol. The van der Waals surface area contributed by atoms with Crippen LogP contribution in [0.2, 0.25) is 0 Å². The third-order valence-electron chi connectivity index (χ3n) is 2.95. The summed E-state index contributed by atoms with van der Waals surface area (Å²) in [6.07, 6.45) is -0.503. The Kier molecular flexibility index (Phi) is 8.07. The second-order valence-corrected chi connectivity index (χ2v) is 5.16. The molecule has 0 saturated carbocycles. The first-order valence-corrected chi connectivity index (χ1v) is 7.49. The Labute approximate surface area is 144 Å². The Bertz CT molecular complexity index is 616. The highest BCUT2D eigenvalue weighted by molar-refractivity contribution is 5.86. The number of nitrogens with two attached hydrogens (primary N) is 1. The predicted octanol–water partition coefficient (Wildman–Crippen LogP) is -0.168. The summed E-state index contributed by atoms with van der Waals surface area (Å²) in [5, 5.41) is 11.1. The quantitative estimate of drug-likeness (QED) is 0.410. The van der Waals surface area contributed by atoms with Crippen molar-refractivity contribution in [1.29, 1.82) is 0 Å². The average molecular weight is 352 g/mol. The van der Waals surface area contributed by atoms with E-state index in [1.54, 1.807) is 30.3 Å². The largest absolute Gasteiger partial charge is 0.480 e. The van der Waals surface area contributed by atoms with E-state index in [0.717, 1.165) is 0 Å². The highest BCUT2D eigenvalue weighted by Crippen LogP contribution is 2.10. The van der Waals surface area contributed by atoms with Gasteiger partial charge in [-0.3, -0.25) is 14.4 Å². The van der Waals surface area contributed by atoms with Gasteiger partial charge in [0.05, 0.1) is 18.9 Å². The number of aliphatic carboxylic acids is 1. The third kappa shape index (κ3) is 7.93. The van der Waals surface area contributed by atoms with E-state index >= 15 is 0 Å². The fourth-order valence-electron chi connectivity index (χ4n) is 1.60. The molecule has 0 radical (unpaired) electrons. The lowest BCUT2D eigenvalue weighted by atomic mass is 10.2. The van der Waals surface area contributed by atoms with Crippen molar-refractivity contribution in [3.8, 4) is 5.75 Å². The molecule has 0 heterocycles. The van der Waals surface area contributed by atoms with Crippen LogP contribution in [0.25, 0.3) is 0 Å². The number of para-hydroxylation sites is 1. The molecule has 0 bridgehead atoms. The highest BCUT2D eigenvalue weighted by Gasteiger charge is 2.23. The maximum absolute atomic E-state index is 11.6. The molecule has 0 aliphatic rings. The van der Waals surface area contributed by atoms with Crippen LogP contribution in [0.4, 0.5) is 0 Å². The summed E-state index contributed by atoms with van der Waals surface area (Å²) in [5.41, 5.74) is 5.32. The summed E-state index contributed by atoms with van der Waals surface area (Å²) in [7, 11) is 0. The molecule has 0 fully saturated rings. The number of esters is 2. The van der Waals surface area contributed by atoms with E-state index in [2.05, 4.69) is 5.32 Å². The predicted molar refractivity (Wildman–Crippen MR) is 85.5 cm³/mol. The standard InChI is InChI=1S/C16H20N2O7/c1-10(17)15(21)18-12(16(22)23)9-24-13(19)7-8-14(20)25-11-5-3-2-4-6-11/h2-6,10,12H,7-9,17H2,1H3,(H,18,21)(H,22,23)/t10-,12+/m1/s1. The number of benzene rings is 1. The molecule has 9 nitrogen and oxygen atoms in total. The number of nitrogens with one attached hydrogen (secondary N) is 1. The normalized spacial score (nSPS) is 12.6. The zero-order valence-corrected chi connectivity index (χ0v) is 13.6. The maximum Gasteiger partial charge on any atom is 0.329 e. The van der Waals surface area contributed by atoms with Crippen molar-refractivity contribution in [3.05, 3.63) is 30.3 Å². The van der Waals surface area contributed by atoms with Crippen LogP contribution < -0.4 is 15.8 Å². The maximum atomic E-state index is 11.6. The summed E-state index contributed by atoms with van der Waals surface area (Å²) in [6, 6.07) is 6.02. The third-order valence-corrected chi connectivity index (χ3v) is 2.95. The minimum absolute atomic E-state index is 0.225. The molecule has 25 heavy (non-hydrogen) atoms. The first-order chi connectivity index (χ1) is 11.8. The van der Waals surface area contributed by atoms with Crippen molar-refractivity contribution >= 4 is 23.8 Å². The number of ether oxygens (including phenoxy) is 2. The van der Waals surface area contributed by atoms with Gasteiger partial charge in [-0.1, -0.05) is 18.2 Å². The molecule has 0 aliphatic heterocycles. The summed E-state index contributed by atoms with van der Waals surface area (Å²) >= 11 is 0. The van der Waals surface area contributed by atoms with E-state index in [4.69, 9.17) is 20.3 Å². The lowest BCUT2D eigenvalue weighted by Crippen LogP contribution is -2.49. The number of amides is 1. The van der Waals surface area contributed by atoms with Crippen LogP contribution in [0, 0.1) is 0 Å². The molecule has 0 unspecified atom stereocenters. The van der Waals surface area contributed by atoms with Gasteiger partial charge >= 0.3 is 17.9 Å². The van der Waals surface area contributed by atoms with E-state index in [1.807, 2.05) is 0 Å². The van der Waals surface area contributed by atoms with Crippen LogP contribution in [0.1, 0.15) is 19.8 Å². The fourth-order valence-corrected chi connectivity index (χ4v) is 1.60. The number of carboxylic acids is 1. The molecule has 0 aliphatic carbocycles. The van der Waals surface area contributed by atoms with E-state index in [9.17, 15) is 19.2 Å². The number of carbonyl (C=O) groups is 4. The molecule has 0 saturated heterocycles. The van der Waals surface area contributed by atoms with Crippen molar-refractivity contribution < 1.29 is 33.8 Å². The van der Waals surface area contributed by atoms with Crippen LogP contribution in [-0.4, -0.2) is 47.6 Å². The van der Waals surface area contributed by atoms with Crippen LogP contribution in [0.15, 0.2) is 30.3 Å². The number of carboxylic acid groups (broad SMARTS) is 1. The Morgan fingerprint density at radius 2 is 1.72 bits per heavy atom. The second-order valence-electron chi connectivity index (χ2n) is 5.16. The Morgan fingerprint density at radius 1 is 1.12 bits per heavy atom. The molecule has 1 aromatic carbocycles. The first-order valence-electron chi connectivity index (χ1n) is 7.49. The average Bonchev–Trinajstić information content (AvgIpc) is 2.57. The Morgan fingerprint density at radius 3 is 2.28 bits per heavy atom. The van der Waals surface area contributed by atoms with Gasteiger partial charge in [-0.25, -0.2) is 4.79 Å². The van der Waals surface area contributed by atoms with Crippen molar-refractivity contribution in [1.82, 2.24) is 5.32 Å². The summed E-state index contributed by atoms with van der Waals surface area (Å²) in [4.78, 5) is 45.6. The number of hydrogen-bond donors (Lipinski definition) is 3. The van der Waals surface area contributed by atoms with Gasteiger partial charge in [0.2, 0.25) is 5.91 Å². The van der Waals surface area contributed by atoms with Gasteiger partial charge in [0.1, 0.15) is 12.4 Å². The van der Waals surface area contributed by atoms with Crippen LogP contribution in [-0.2, 0) is 23.9 Å². The topological polar surface area (TPSA) is 145 Å². The van der Waals surface area contributed by atoms with Gasteiger partial charge in [0, 0.05) is 0 Å². The molecule has 1 aromatic rings. The first kappa shape index (κ1) is 20.1. The van der Waals surface area contributed by atoms with Gasteiger partial charge in [-0.15, -0.1) is 0 Å². The van der Waals surface area contributed by atoms with Crippen molar-refractivity contribution in [2.75, 3.05) is 6.61 Å². The zero-order valence-electron chi connectivity index (χ0n) is 13.6. The van der Waals surface area contributed by atoms with Crippen LogP contribution >= 0.6 is 0 Å². The molecule has 136 valence electrons. The SMILES string of the molecule is C[C@@H](N)C(=O)N[C@@H](COC(=O)CCC(=O)Oc1ccccc1)C(=O)O. The second kappa shape index (κ2) is 10.0. The molecule has 1 rings (SSSR count). The van der Waals surface area contributed by atoms with E-state index in [-0.39, 0.29) is 12.8 Å². The lowest BCUT2D eigenvalue weighted by Gasteiger charge is -2.16. The number of carbonyl (C=O) groups excluding carboxylic acids is 3. The molecule has 4 N–H and O–H groups in total. The summed E-state index contributed by atoms with van der Waals surface area (Å²) in [6.45, 7) is 0.818. The molecule has 9 heteroatoms. The van der Waals surface area contributed by atoms with Gasteiger partial charge in [-0.05, 0) is 19.1 Å². The smallest absolute Gasteiger partial charge is 0.329 e. The minimum Gasteiger partial charge on any atom is -0.480 e. The van der Waals surface area contributed by atoms with E-state index in [0.29, 0.717) is 5.75 Å². The Hall–Kier alpha value is -2.94. The monoisotopic (exact) mass is 352 g/mol. The minimum atomic E-state index is -1.42. The highest BCUT2D eigenvalue weighted by atomic mass is 16.5. The van der Waals surface area contributed by atoms with E-state index in [1.165, 1.54) is 6.92 Å². The summed E-state index contributed by atoms with van der Waals surface area (Å²) in [5.74, 6) is -3.11. The molecule has 2 atom stereocenters. The van der Waals surface area contributed by atoms with Crippen molar-refractivity contribution in [2.24, 2.45) is 5.73 Å². The summed E-state index contributed by atoms with van der Waals surface area (Å²) < 4.78 is 9.76. The van der Waals surface area contributed by atoms with Crippen molar-refractivity contribution in [3.63, 3.8) is 0 Å². The van der Waals surface area contributed by atoms with Gasteiger partial charge in [0.15, 0.2) is 6.04 Å². The fraction of sp³-hybridized carbons (Fsp3) is 0.375. The lowest BCUT2D eigenvalue weighted by molar-refractivity contribution is -0.152. The number of rotatable bonds is 9. The molecule has 0 spiro atoms. The molecular formula is C16H20N2O7.